The van der Waals surface area contributed by atoms with E-state index in [0.717, 1.165) is 5.56 Å². The third-order valence-electron chi connectivity index (χ3n) is 2.16. The van der Waals surface area contributed by atoms with E-state index in [4.69, 9.17) is 20.8 Å². The summed E-state index contributed by atoms with van der Waals surface area (Å²) in [5.74, 6) is 1.03. The molecule has 0 aliphatic carbocycles. The number of benzene rings is 1. The van der Waals surface area contributed by atoms with Gasteiger partial charge >= 0.3 is 0 Å². The maximum absolute atomic E-state index is 5.60. The van der Waals surface area contributed by atoms with E-state index in [1.54, 1.807) is 7.11 Å². The zero-order chi connectivity index (χ0) is 11.4. The number of halogens is 1. The predicted octanol–water partition coefficient (Wildman–Crippen LogP) is 2.54. The smallest absolute Gasteiger partial charge is 0.249 e. The second-order valence-corrected chi connectivity index (χ2v) is 3.46. The molecule has 0 amide bonds. The van der Waals surface area contributed by atoms with Gasteiger partial charge in [-0.1, -0.05) is 30.3 Å². The third-order valence-corrected chi connectivity index (χ3v) is 2.39. The fourth-order valence-corrected chi connectivity index (χ4v) is 1.54. The molecular formula is C11H11ClN2O2. The molecule has 84 valence electrons. The van der Waals surface area contributed by atoms with Crippen molar-refractivity contribution >= 4 is 11.6 Å². The number of methoxy groups -OCH3 is 1. The van der Waals surface area contributed by atoms with Gasteiger partial charge in [-0.3, -0.25) is 0 Å². The Balaban J connectivity index is 2.29. The molecule has 0 radical (unpaired) electrons. The first-order valence-corrected chi connectivity index (χ1v) is 5.34. The van der Waals surface area contributed by atoms with Crippen molar-refractivity contribution in [1.82, 2.24) is 10.2 Å². The molecule has 0 spiro atoms. The maximum atomic E-state index is 5.60. The Morgan fingerprint density at radius 3 is 2.62 bits per heavy atom. The van der Waals surface area contributed by atoms with Crippen molar-refractivity contribution in [3.8, 4) is 0 Å². The number of hydrogen-bond donors (Lipinski definition) is 0. The highest BCUT2D eigenvalue weighted by Crippen LogP contribution is 2.24. The molecule has 2 aromatic rings. The minimum Gasteiger partial charge on any atom is -0.421 e. The molecule has 0 saturated carbocycles. The fourth-order valence-electron chi connectivity index (χ4n) is 1.43. The highest BCUT2D eigenvalue weighted by molar-refractivity contribution is 6.16. The van der Waals surface area contributed by atoms with Crippen LogP contribution in [-0.2, 0) is 10.6 Å². The number of alkyl halides is 1. The van der Waals surface area contributed by atoms with Crippen LogP contribution in [0, 0.1) is 0 Å². The summed E-state index contributed by atoms with van der Waals surface area (Å²) in [7, 11) is 1.60. The maximum Gasteiger partial charge on any atom is 0.249 e. The van der Waals surface area contributed by atoms with Crippen LogP contribution in [0.4, 0.5) is 0 Å². The van der Waals surface area contributed by atoms with E-state index < -0.39 is 0 Å². The van der Waals surface area contributed by atoms with Crippen LogP contribution < -0.4 is 0 Å². The third kappa shape index (κ3) is 2.23. The van der Waals surface area contributed by atoms with Crippen molar-refractivity contribution in [1.29, 1.82) is 0 Å². The topological polar surface area (TPSA) is 48.2 Å². The van der Waals surface area contributed by atoms with Crippen molar-refractivity contribution in [2.45, 2.75) is 12.0 Å². The van der Waals surface area contributed by atoms with Crippen LogP contribution in [0.3, 0.4) is 0 Å². The lowest BCUT2D eigenvalue weighted by atomic mass is 10.1. The Hall–Kier alpha value is -1.39. The van der Waals surface area contributed by atoms with Gasteiger partial charge in [-0.25, -0.2) is 0 Å². The summed E-state index contributed by atoms with van der Waals surface area (Å²) >= 11 is 5.60. The first-order valence-electron chi connectivity index (χ1n) is 4.81. The van der Waals surface area contributed by atoms with Gasteiger partial charge in [0.15, 0.2) is 6.10 Å². The number of ether oxygens (including phenoxy) is 1. The van der Waals surface area contributed by atoms with E-state index in [1.165, 1.54) is 0 Å². The number of aromatic nitrogens is 2. The number of rotatable bonds is 4. The van der Waals surface area contributed by atoms with Crippen LogP contribution in [0.15, 0.2) is 34.7 Å². The standard InChI is InChI=1S/C11H11ClN2O2/c1-15-10(8-5-3-2-4-6-8)11-14-13-9(7-12)16-11/h2-6,10H,7H2,1H3. The molecular weight excluding hydrogens is 228 g/mol. The number of nitrogens with zero attached hydrogens (tertiary/aromatic N) is 2. The second kappa shape index (κ2) is 5.09. The van der Waals surface area contributed by atoms with Gasteiger partial charge in [-0.2, -0.15) is 0 Å². The summed E-state index contributed by atoms with van der Waals surface area (Å²) in [6.07, 6.45) is -0.342. The van der Waals surface area contributed by atoms with Crippen LogP contribution in [0.5, 0.6) is 0 Å². The zero-order valence-electron chi connectivity index (χ0n) is 8.76. The van der Waals surface area contributed by atoms with Gasteiger partial charge in [-0.05, 0) is 5.56 Å². The first kappa shape index (κ1) is 11.1. The van der Waals surface area contributed by atoms with Gasteiger partial charge in [0.2, 0.25) is 11.8 Å². The van der Waals surface area contributed by atoms with Crippen molar-refractivity contribution in [2.24, 2.45) is 0 Å². The number of hydrogen-bond acceptors (Lipinski definition) is 4. The SMILES string of the molecule is COC(c1ccccc1)c1nnc(CCl)o1. The lowest BCUT2D eigenvalue weighted by Crippen LogP contribution is -2.03. The van der Waals surface area contributed by atoms with E-state index in [1.807, 2.05) is 30.3 Å². The molecule has 1 aromatic carbocycles. The van der Waals surface area contributed by atoms with Crippen LogP contribution in [0.25, 0.3) is 0 Å². The average molecular weight is 239 g/mol. The van der Waals surface area contributed by atoms with Gasteiger partial charge in [0.25, 0.3) is 0 Å². The molecule has 0 aliphatic heterocycles. The summed E-state index contributed by atoms with van der Waals surface area (Å²) in [5, 5.41) is 7.71. The average Bonchev–Trinajstić information content (AvgIpc) is 2.80. The summed E-state index contributed by atoms with van der Waals surface area (Å²) in [6, 6.07) is 9.69. The van der Waals surface area contributed by atoms with Crippen molar-refractivity contribution in [3.63, 3.8) is 0 Å². The lowest BCUT2D eigenvalue weighted by Gasteiger charge is -2.10. The molecule has 0 fully saturated rings. The van der Waals surface area contributed by atoms with Crippen molar-refractivity contribution < 1.29 is 9.15 Å². The second-order valence-electron chi connectivity index (χ2n) is 3.19. The van der Waals surface area contributed by atoms with E-state index in [2.05, 4.69) is 10.2 Å². The molecule has 1 unspecified atom stereocenters. The van der Waals surface area contributed by atoms with Crippen LogP contribution in [0.1, 0.15) is 23.4 Å². The first-order chi connectivity index (χ1) is 7.85. The Bertz CT molecular complexity index is 444. The zero-order valence-corrected chi connectivity index (χ0v) is 9.52. The quantitative estimate of drug-likeness (QED) is 0.768. The van der Waals surface area contributed by atoms with E-state index in [-0.39, 0.29) is 12.0 Å². The molecule has 16 heavy (non-hydrogen) atoms. The van der Waals surface area contributed by atoms with Crippen LogP contribution in [-0.4, -0.2) is 17.3 Å². The van der Waals surface area contributed by atoms with Crippen LogP contribution >= 0.6 is 11.6 Å². The van der Waals surface area contributed by atoms with Gasteiger partial charge in [0.1, 0.15) is 5.88 Å². The highest BCUT2D eigenvalue weighted by Gasteiger charge is 2.19. The monoisotopic (exact) mass is 238 g/mol. The Kier molecular flexibility index (Phi) is 3.54. The highest BCUT2D eigenvalue weighted by atomic mass is 35.5. The minimum absolute atomic E-state index is 0.207. The van der Waals surface area contributed by atoms with Crippen LogP contribution in [0.2, 0.25) is 0 Å². The fraction of sp³-hybridized carbons (Fsp3) is 0.273. The van der Waals surface area contributed by atoms with Gasteiger partial charge < -0.3 is 9.15 Å². The van der Waals surface area contributed by atoms with Crippen molar-refractivity contribution in [3.05, 3.63) is 47.7 Å². The summed E-state index contributed by atoms with van der Waals surface area (Å²) < 4.78 is 10.7. The van der Waals surface area contributed by atoms with E-state index in [9.17, 15) is 0 Å². The Morgan fingerprint density at radius 2 is 2.06 bits per heavy atom. The van der Waals surface area contributed by atoms with Gasteiger partial charge in [0.05, 0.1) is 0 Å². The van der Waals surface area contributed by atoms with Gasteiger partial charge in [-0.15, -0.1) is 21.8 Å². The summed E-state index contributed by atoms with van der Waals surface area (Å²) in [4.78, 5) is 0. The summed E-state index contributed by atoms with van der Waals surface area (Å²) in [6.45, 7) is 0. The minimum atomic E-state index is -0.342. The normalized spacial score (nSPS) is 12.6. The molecule has 4 nitrogen and oxygen atoms in total. The lowest BCUT2D eigenvalue weighted by molar-refractivity contribution is 0.110. The summed E-state index contributed by atoms with van der Waals surface area (Å²) in [5.41, 5.74) is 0.967. The van der Waals surface area contributed by atoms with E-state index >= 15 is 0 Å². The largest absolute Gasteiger partial charge is 0.421 e. The molecule has 0 saturated heterocycles. The van der Waals surface area contributed by atoms with Gasteiger partial charge in [0, 0.05) is 7.11 Å². The Morgan fingerprint density at radius 1 is 1.31 bits per heavy atom. The molecule has 5 heteroatoms. The van der Waals surface area contributed by atoms with E-state index in [0.29, 0.717) is 11.8 Å². The molecule has 0 N–H and O–H groups in total. The molecule has 1 aromatic heterocycles. The molecule has 1 heterocycles. The Labute approximate surface area is 98.2 Å². The molecule has 1 atom stereocenters. The molecule has 0 aliphatic rings. The molecule has 2 rings (SSSR count). The molecule has 0 bridgehead atoms. The predicted molar refractivity (Wildman–Crippen MR) is 59.1 cm³/mol. The van der Waals surface area contributed by atoms with Crippen molar-refractivity contribution in [2.75, 3.05) is 7.11 Å².